The largest absolute Gasteiger partial charge is 0.446 e. The second-order valence-corrected chi connectivity index (χ2v) is 13.2. The number of hydrogen-bond acceptors (Lipinski definition) is 5. The van der Waals surface area contributed by atoms with E-state index in [4.69, 9.17) is 16.2 Å². The molecule has 3 fully saturated rings. The average Bonchev–Trinajstić information content (AvgIpc) is 3.05. The molecule has 0 saturated heterocycles. The molecule has 6 N–H and O–H groups in total. The third kappa shape index (κ3) is 10.3. The molecule has 0 aromatic heterocycles. The zero-order valence-corrected chi connectivity index (χ0v) is 27.2. The lowest BCUT2D eigenvalue weighted by Gasteiger charge is -2.47. The first-order valence-corrected chi connectivity index (χ1v) is 17.2. The van der Waals surface area contributed by atoms with Gasteiger partial charge in [0.15, 0.2) is 0 Å². The van der Waals surface area contributed by atoms with Crippen molar-refractivity contribution in [2.45, 2.75) is 109 Å². The highest BCUT2D eigenvalue weighted by molar-refractivity contribution is 5.89. The summed E-state index contributed by atoms with van der Waals surface area (Å²) in [7, 11) is 0. The number of aryl methyl sites for hydroxylation is 1. The first-order chi connectivity index (χ1) is 22.2. The Balaban J connectivity index is 1.50. The van der Waals surface area contributed by atoms with Crippen molar-refractivity contribution < 1.29 is 23.9 Å². The predicted octanol–water partition coefficient (Wildman–Crippen LogP) is 5.19. The van der Waals surface area contributed by atoms with Crippen molar-refractivity contribution in [1.29, 1.82) is 0 Å². The highest BCUT2D eigenvalue weighted by Crippen LogP contribution is 2.45. The van der Waals surface area contributed by atoms with Crippen molar-refractivity contribution in [1.82, 2.24) is 10.6 Å². The van der Waals surface area contributed by atoms with Crippen LogP contribution in [0.25, 0.3) is 0 Å². The van der Waals surface area contributed by atoms with E-state index in [2.05, 4.69) is 29.7 Å². The van der Waals surface area contributed by atoms with Crippen LogP contribution in [-0.2, 0) is 32.0 Å². The van der Waals surface area contributed by atoms with Crippen LogP contribution in [0.4, 0.5) is 4.79 Å². The van der Waals surface area contributed by atoms with E-state index in [1.165, 1.54) is 0 Å². The Labute approximate surface area is 273 Å². The summed E-state index contributed by atoms with van der Waals surface area (Å²) in [6, 6.07) is 18.9. The number of benzene rings is 2. The van der Waals surface area contributed by atoms with E-state index in [9.17, 15) is 19.2 Å². The standard InChI is InChI=1S/C37H52N4O5/c1-2-3-15-30(46-37(39)45)16-10-17-31(36(44)41-33-28-22-20-27(21-23-28)32(33)34(38)42)40-35(43)29(24-26-13-8-5-9-14-26)19-18-25-11-6-4-7-12-25/h4-9,11-14,27-33H,2-3,10,15-24H2,1H3,(H2,38,42)(H2,39,45)(H,40,43)(H,41,44)/t27?,28?,29?,30?,31-,32?,33?/m0/s1. The van der Waals surface area contributed by atoms with Crippen molar-refractivity contribution >= 4 is 23.8 Å². The fraction of sp³-hybridized carbons (Fsp3) is 0.568. The van der Waals surface area contributed by atoms with Gasteiger partial charge >= 0.3 is 6.09 Å². The molecule has 250 valence electrons. The molecule has 2 aromatic rings. The molecule has 2 bridgehead atoms. The Morgan fingerprint density at radius 1 is 0.783 bits per heavy atom. The van der Waals surface area contributed by atoms with Gasteiger partial charge in [0, 0.05) is 12.0 Å². The van der Waals surface area contributed by atoms with Gasteiger partial charge in [-0.3, -0.25) is 14.4 Å². The van der Waals surface area contributed by atoms with Crippen molar-refractivity contribution in [3.63, 3.8) is 0 Å². The molecule has 5 rings (SSSR count). The molecule has 0 aliphatic heterocycles. The van der Waals surface area contributed by atoms with Crippen LogP contribution in [-0.4, -0.2) is 42.0 Å². The van der Waals surface area contributed by atoms with E-state index in [0.717, 1.165) is 56.1 Å². The smallest absolute Gasteiger partial charge is 0.404 e. The molecule has 3 saturated carbocycles. The molecule has 46 heavy (non-hydrogen) atoms. The van der Waals surface area contributed by atoms with E-state index in [-0.39, 0.29) is 47.6 Å². The Hall–Kier alpha value is -3.88. The number of nitrogens with one attached hydrogen (secondary N) is 2. The van der Waals surface area contributed by atoms with Crippen LogP contribution in [0.1, 0.15) is 88.7 Å². The number of hydrogen-bond donors (Lipinski definition) is 4. The topological polar surface area (TPSA) is 154 Å². The van der Waals surface area contributed by atoms with Gasteiger partial charge in [-0.15, -0.1) is 0 Å². The zero-order valence-electron chi connectivity index (χ0n) is 27.2. The zero-order chi connectivity index (χ0) is 32.9. The maximum atomic E-state index is 14.0. The fourth-order valence-corrected chi connectivity index (χ4v) is 7.51. The lowest BCUT2D eigenvalue weighted by atomic mass is 9.61. The quantitative estimate of drug-likeness (QED) is 0.178. The lowest BCUT2D eigenvalue weighted by molar-refractivity contribution is -0.135. The SMILES string of the molecule is CCCCC(CCC[C@H](NC(=O)C(CCc1ccccc1)Cc1ccccc1)C(=O)NC1C2CCC(CC2)C1C(N)=O)OC(N)=O. The Kier molecular flexibility index (Phi) is 13.5. The monoisotopic (exact) mass is 632 g/mol. The highest BCUT2D eigenvalue weighted by atomic mass is 16.6. The Bertz CT molecular complexity index is 1270. The van der Waals surface area contributed by atoms with Gasteiger partial charge in [-0.1, -0.05) is 80.4 Å². The first-order valence-electron chi connectivity index (χ1n) is 17.2. The molecule has 0 spiro atoms. The van der Waals surface area contributed by atoms with Crippen LogP contribution in [0.5, 0.6) is 0 Å². The maximum Gasteiger partial charge on any atom is 0.404 e. The summed E-state index contributed by atoms with van der Waals surface area (Å²) in [5.74, 6) is -1.20. The summed E-state index contributed by atoms with van der Waals surface area (Å²) >= 11 is 0. The number of primary amides is 2. The van der Waals surface area contributed by atoms with Crippen LogP contribution in [0.2, 0.25) is 0 Å². The first kappa shape index (κ1) is 35.0. The summed E-state index contributed by atoms with van der Waals surface area (Å²) in [5, 5.41) is 6.29. The van der Waals surface area contributed by atoms with Gasteiger partial charge in [-0.25, -0.2) is 4.79 Å². The van der Waals surface area contributed by atoms with E-state index < -0.39 is 18.1 Å². The normalized spacial score (nSPS) is 22.3. The van der Waals surface area contributed by atoms with E-state index in [1.807, 2.05) is 48.5 Å². The van der Waals surface area contributed by atoms with Crippen LogP contribution in [0, 0.1) is 23.7 Å². The molecule has 2 aromatic carbocycles. The van der Waals surface area contributed by atoms with Crippen molar-refractivity contribution in [3.05, 3.63) is 71.8 Å². The minimum absolute atomic E-state index is 0.174. The Morgan fingerprint density at radius 3 is 2.00 bits per heavy atom. The molecule has 5 atom stereocenters. The molecule has 3 aliphatic rings. The molecule has 0 heterocycles. The third-order valence-electron chi connectivity index (χ3n) is 9.99. The van der Waals surface area contributed by atoms with Gasteiger partial charge < -0.3 is 26.8 Å². The molecule has 4 unspecified atom stereocenters. The minimum Gasteiger partial charge on any atom is -0.446 e. The van der Waals surface area contributed by atoms with Crippen LogP contribution in [0.15, 0.2) is 60.7 Å². The van der Waals surface area contributed by atoms with Crippen molar-refractivity contribution in [2.75, 3.05) is 0 Å². The maximum absolute atomic E-state index is 14.0. The summed E-state index contributed by atoms with van der Waals surface area (Å²) in [6.07, 6.45) is 8.54. The molecule has 9 heteroatoms. The fourth-order valence-electron chi connectivity index (χ4n) is 7.51. The molecule has 0 radical (unpaired) electrons. The molecular formula is C37H52N4O5. The summed E-state index contributed by atoms with van der Waals surface area (Å²) in [4.78, 5) is 52.0. The van der Waals surface area contributed by atoms with E-state index in [0.29, 0.717) is 38.5 Å². The predicted molar refractivity (Wildman–Crippen MR) is 178 cm³/mol. The number of amides is 4. The summed E-state index contributed by atoms with van der Waals surface area (Å²) in [5.41, 5.74) is 13.4. The van der Waals surface area contributed by atoms with Crippen molar-refractivity contribution in [3.8, 4) is 0 Å². The van der Waals surface area contributed by atoms with Gasteiger partial charge in [-0.05, 0) is 93.6 Å². The Morgan fingerprint density at radius 2 is 1.39 bits per heavy atom. The van der Waals surface area contributed by atoms with E-state index in [1.54, 1.807) is 0 Å². The molecule has 3 aliphatic carbocycles. The van der Waals surface area contributed by atoms with Gasteiger partial charge in [0.25, 0.3) is 0 Å². The highest BCUT2D eigenvalue weighted by Gasteiger charge is 2.47. The van der Waals surface area contributed by atoms with Gasteiger partial charge in [-0.2, -0.15) is 0 Å². The second kappa shape index (κ2) is 17.7. The van der Waals surface area contributed by atoms with Crippen LogP contribution >= 0.6 is 0 Å². The number of carbonyl (C=O) groups is 4. The van der Waals surface area contributed by atoms with Crippen molar-refractivity contribution in [2.24, 2.45) is 35.1 Å². The van der Waals surface area contributed by atoms with Gasteiger partial charge in [0.05, 0.1) is 5.92 Å². The number of rotatable bonds is 18. The molecular weight excluding hydrogens is 580 g/mol. The van der Waals surface area contributed by atoms with E-state index >= 15 is 0 Å². The lowest BCUT2D eigenvalue weighted by Crippen LogP contribution is -2.60. The number of ether oxygens (including phenoxy) is 1. The minimum atomic E-state index is -0.810. The molecule has 9 nitrogen and oxygen atoms in total. The van der Waals surface area contributed by atoms with Crippen LogP contribution in [0.3, 0.4) is 0 Å². The second-order valence-electron chi connectivity index (χ2n) is 13.2. The number of fused-ring (bicyclic) bond motifs is 3. The summed E-state index contributed by atoms with van der Waals surface area (Å²) < 4.78 is 5.35. The molecule has 4 amide bonds. The van der Waals surface area contributed by atoms with Gasteiger partial charge in [0.1, 0.15) is 12.1 Å². The van der Waals surface area contributed by atoms with Gasteiger partial charge in [0.2, 0.25) is 17.7 Å². The number of carbonyl (C=O) groups excluding carboxylic acids is 4. The summed E-state index contributed by atoms with van der Waals surface area (Å²) in [6.45, 7) is 2.07. The average molecular weight is 633 g/mol. The number of nitrogens with two attached hydrogens (primary N) is 2. The number of unbranched alkanes of at least 4 members (excludes halogenated alkanes) is 1. The van der Waals surface area contributed by atoms with Crippen LogP contribution < -0.4 is 22.1 Å². The third-order valence-corrected chi connectivity index (χ3v) is 9.99.